The summed E-state index contributed by atoms with van der Waals surface area (Å²) < 4.78 is 27.6. The van der Waals surface area contributed by atoms with Crippen molar-refractivity contribution in [2.75, 3.05) is 0 Å². The number of hydrogen-bond donors (Lipinski definition) is 2. The van der Waals surface area contributed by atoms with Crippen molar-refractivity contribution in [3.8, 4) is 0 Å². The molecule has 18 heavy (non-hydrogen) atoms. The maximum Gasteiger partial charge on any atom is 0.246 e. The lowest BCUT2D eigenvalue weighted by Crippen LogP contribution is -2.28. The Morgan fingerprint density at radius 2 is 2.28 bits per heavy atom. The van der Waals surface area contributed by atoms with Gasteiger partial charge in [-0.2, -0.15) is 0 Å². The molecule has 0 spiro atoms. The normalized spacial score (nSPS) is 11.6. The second-order valence-corrected chi connectivity index (χ2v) is 5.29. The Bertz CT molecular complexity index is 703. The molecule has 0 aromatic carbocycles. The maximum absolute atomic E-state index is 11.9. The molecule has 0 aliphatic rings. The van der Waals surface area contributed by atoms with Gasteiger partial charge in [-0.1, -0.05) is 0 Å². The van der Waals surface area contributed by atoms with Crippen LogP contribution < -0.4 is 10.2 Å². The zero-order valence-corrected chi connectivity index (χ0v) is 10.3. The molecule has 2 heterocycles. The molecular weight excluding hydrogens is 258 g/mol. The third kappa shape index (κ3) is 2.46. The average molecular weight is 269 g/mol. The van der Waals surface area contributed by atoms with Crippen molar-refractivity contribution in [2.24, 2.45) is 7.05 Å². The number of aryl methyl sites for hydroxylation is 1. The fourth-order valence-corrected chi connectivity index (χ4v) is 2.35. The summed E-state index contributed by atoms with van der Waals surface area (Å²) in [6, 6.07) is 1.15. The summed E-state index contributed by atoms with van der Waals surface area (Å²) >= 11 is 0. The monoisotopic (exact) mass is 269 g/mol. The van der Waals surface area contributed by atoms with Crippen LogP contribution in [0.4, 0.5) is 0 Å². The second kappa shape index (κ2) is 4.70. The number of rotatable bonds is 4. The third-order valence-corrected chi connectivity index (χ3v) is 3.73. The van der Waals surface area contributed by atoms with E-state index in [4.69, 9.17) is 0 Å². The summed E-state index contributed by atoms with van der Waals surface area (Å²) in [5.74, 6) is 0.450. The molecule has 0 bridgehead atoms. The van der Waals surface area contributed by atoms with Crippen LogP contribution in [-0.4, -0.2) is 28.2 Å². The molecule has 2 rings (SSSR count). The van der Waals surface area contributed by atoms with Gasteiger partial charge in [0.05, 0.1) is 6.54 Å². The Balaban J connectivity index is 2.21. The molecule has 8 nitrogen and oxygen atoms in total. The molecule has 96 valence electrons. The van der Waals surface area contributed by atoms with Crippen molar-refractivity contribution >= 4 is 10.0 Å². The summed E-state index contributed by atoms with van der Waals surface area (Å²) in [5.41, 5.74) is -0.570. The molecule has 9 heteroatoms. The molecule has 0 aliphatic carbocycles. The van der Waals surface area contributed by atoms with Crippen LogP contribution in [0.3, 0.4) is 0 Å². The molecule has 2 aromatic rings. The van der Waals surface area contributed by atoms with Crippen LogP contribution >= 0.6 is 0 Å². The summed E-state index contributed by atoms with van der Waals surface area (Å²) in [5, 5.41) is 7.36. The number of nitrogens with zero attached hydrogens (tertiary/aromatic N) is 3. The van der Waals surface area contributed by atoms with E-state index in [1.807, 2.05) is 0 Å². The fraction of sp³-hybridized carbons (Fsp3) is 0.222. The molecule has 2 N–H and O–H groups in total. The van der Waals surface area contributed by atoms with Crippen LogP contribution in [0.1, 0.15) is 5.82 Å². The Hall–Kier alpha value is -2.00. The lowest BCUT2D eigenvalue weighted by molar-refractivity contribution is 0.576. The van der Waals surface area contributed by atoms with E-state index < -0.39 is 15.5 Å². The topological polar surface area (TPSA) is 110 Å². The van der Waals surface area contributed by atoms with Gasteiger partial charge >= 0.3 is 0 Å². The van der Waals surface area contributed by atoms with Gasteiger partial charge in [0.2, 0.25) is 15.5 Å². The van der Waals surface area contributed by atoms with E-state index in [1.54, 1.807) is 11.6 Å². The number of hydrogen-bond acceptors (Lipinski definition) is 5. The number of nitrogens with one attached hydrogen (secondary N) is 2. The van der Waals surface area contributed by atoms with Gasteiger partial charge in [0.25, 0.3) is 0 Å². The van der Waals surface area contributed by atoms with Crippen LogP contribution in [0.15, 0.2) is 34.5 Å². The SMILES string of the molecule is Cn1cnnc1CNS(=O)(=O)c1c[nH]ccc1=O. The van der Waals surface area contributed by atoms with Crippen molar-refractivity contribution in [1.82, 2.24) is 24.5 Å². The Kier molecular flexibility index (Phi) is 3.26. The molecule has 0 amide bonds. The predicted molar refractivity (Wildman–Crippen MR) is 62.1 cm³/mol. The fourth-order valence-electron chi connectivity index (χ4n) is 1.32. The molecule has 0 radical (unpaired) electrons. The van der Waals surface area contributed by atoms with Crippen molar-refractivity contribution in [2.45, 2.75) is 11.4 Å². The van der Waals surface area contributed by atoms with Crippen LogP contribution in [0.5, 0.6) is 0 Å². The van der Waals surface area contributed by atoms with Crippen molar-refractivity contribution in [3.63, 3.8) is 0 Å². The first-order chi connectivity index (χ1) is 8.50. The number of aromatic nitrogens is 4. The average Bonchev–Trinajstić information content (AvgIpc) is 2.73. The molecule has 0 aliphatic heterocycles. The second-order valence-electron chi connectivity index (χ2n) is 3.56. The molecule has 0 saturated heterocycles. The summed E-state index contributed by atoms with van der Waals surface area (Å²) in [7, 11) is -2.17. The minimum Gasteiger partial charge on any atom is -0.366 e. The minimum absolute atomic E-state index is 0.0346. The molecule has 0 atom stereocenters. The van der Waals surface area contributed by atoms with Crippen LogP contribution in [0, 0.1) is 0 Å². The number of pyridine rings is 1. The highest BCUT2D eigenvalue weighted by Crippen LogP contribution is 2.01. The van der Waals surface area contributed by atoms with Gasteiger partial charge in [-0.25, -0.2) is 13.1 Å². The molecular formula is C9H11N5O3S. The van der Waals surface area contributed by atoms with E-state index >= 15 is 0 Å². The number of H-pyrrole nitrogens is 1. The minimum atomic E-state index is -3.86. The molecule has 0 fully saturated rings. The zero-order chi connectivity index (χ0) is 13.2. The highest BCUT2D eigenvalue weighted by Gasteiger charge is 2.18. The number of sulfonamides is 1. The Labute approximate surface area is 103 Å². The summed E-state index contributed by atoms with van der Waals surface area (Å²) in [4.78, 5) is 13.7. The molecule has 2 aromatic heterocycles. The van der Waals surface area contributed by atoms with Crippen LogP contribution in [0.2, 0.25) is 0 Å². The first-order valence-electron chi connectivity index (χ1n) is 5.00. The predicted octanol–water partition coefficient (Wildman–Crippen LogP) is -1.02. The van der Waals surface area contributed by atoms with Crippen molar-refractivity contribution in [3.05, 3.63) is 40.8 Å². The van der Waals surface area contributed by atoms with Crippen LogP contribution in [-0.2, 0) is 23.6 Å². The van der Waals surface area contributed by atoms with Crippen molar-refractivity contribution in [1.29, 1.82) is 0 Å². The van der Waals surface area contributed by atoms with E-state index in [1.165, 1.54) is 12.5 Å². The van der Waals surface area contributed by atoms with Crippen LogP contribution in [0.25, 0.3) is 0 Å². The standard InChI is InChI=1S/C9H11N5O3S/c1-14-6-11-13-9(14)5-12-18(16,17)8-4-10-3-2-7(8)15/h2-4,6,12H,5H2,1H3,(H,10,15). The van der Waals surface area contributed by atoms with Gasteiger partial charge < -0.3 is 9.55 Å². The highest BCUT2D eigenvalue weighted by atomic mass is 32.2. The summed E-state index contributed by atoms with van der Waals surface area (Å²) in [6.45, 7) is -0.0346. The largest absolute Gasteiger partial charge is 0.366 e. The maximum atomic E-state index is 11.9. The van der Waals surface area contributed by atoms with E-state index in [0.717, 1.165) is 12.3 Å². The Morgan fingerprint density at radius 3 is 2.89 bits per heavy atom. The van der Waals surface area contributed by atoms with Gasteiger partial charge in [0, 0.05) is 25.5 Å². The lowest BCUT2D eigenvalue weighted by Gasteiger charge is -2.05. The van der Waals surface area contributed by atoms with Crippen molar-refractivity contribution < 1.29 is 8.42 Å². The first kappa shape index (κ1) is 12.5. The van der Waals surface area contributed by atoms with E-state index in [0.29, 0.717) is 5.82 Å². The zero-order valence-electron chi connectivity index (χ0n) is 9.49. The quantitative estimate of drug-likeness (QED) is 0.738. The van der Waals surface area contributed by atoms with E-state index in [2.05, 4.69) is 19.9 Å². The lowest BCUT2D eigenvalue weighted by atomic mass is 10.5. The Morgan fingerprint density at radius 1 is 1.50 bits per heavy atom. The highest BCUT2D eigenvalue weighted by molar-refractivity contribution is 7.89. The summed E-state index contributed by atoms with van der Waals surface area (Å²) in [6.07, 6.45) is 3.96. The van der Waals surface area contributed by atoms with E-state index in [-0.39, 0.29) is 11.4 Å². The van der Waals surface area contributed by atoms with Gasteiger partial charge in [0.15, 0.2) is 0 Å². The van der Waals surface area contributed by atoms with Gasteiger partial charge in [-0.05, 0) is 0 Å². The van der Waals surface area contributed by atoms with E-state index in [9.17, 15) is 13.2 Å². The molecule has 0 saturated carbocycles. The first-order valence-corrected chi connectivity index (χ1v) is 6.48. The van der Waals surface area contributed by atoms with Gasteiger partial charge in [0.1, 0.15) is 17.0 Å². The number of aromatic amines is 1. The van der Waals surface area contributed by atoms with Gasteiger partial charge in [-0.15, -0.1) is 10.2 Å². The third-order valence-electron chi connectivity index (χ3n) is 2.30. The van der Waals surface area contributed by atoms with Gasteiger partial charge in [-0.3, -0.25) is 4.79 Å². The molecule has 0 unspecified atom stereocenters. The smallest absolute Gasteiger partial charge is 0.246 e.